The summed E-state index contributed by atoms with van der Waals surface area (Å²) in [6.45, 7) is 2.75. The van der Waals surface area contributed by atoms with E-state index in [1.54, 1.807) is 0 Å². The van der Waals surface area contributed by atoms with Crippen LogP contribution in [0.2, 0.25) is 0 Å². The van der Waals surface area contributed by atoms with Crippen molar-refractivity contribution < 1.29 is 45.8 Å². The molecule has 0 bridgehead atoms. The molecule has 1 fully saturated rings. The predicted octanol–water partition coefficient (Wildman–Crippen LogP) is 2.36. The second-order valence-electron chi connectivity index (χ2n) is 5.00. The molecule has 1 atom stereocenters. The van der Waals surface area contributed by atoms with Gasteiger partial charge in [0.1, 0.15) is 0 Å². The van der Waals surface area contributed by atoms with Crippen LogP contribution in [0.5, 0.6) is 5.75 Å². The molecule has 1 saturated heterocycles. The van der Waals surface area contributed by atoms with E-state index in [1.165, 1.54) is 13.8 Å². The Balaban J connectivity index is 2.17. The van der Waals surface area contributed by atoms with E-state index in [9.17, 15) is 31.5 Å². The molecule has 0 N–H and O–H groups in total. The van der Waals surface area contributed by atoms with Gasteiger partial charge in [-0.25, -0.2) is 18.0 Å². The fraction of sp³-hybridized carbons (Fsp3) is 0.385. The highest BCUT2D eigenvalue weighted by molar-refractivity contribution is 5.84. The van der Waals surface area contributed by atoms with E-state index in [-0.39, 0.29) is 0 Å². The van der Waals surface area contributed by atoms with Crippen LogP contribution >= 0.6 is 0 Å². The first kappa shape index (κ1) is 17.1. The highest BCUT2D eigenvalue weighted by atomic mass is 19.2. The maximum absolute atomic E-state index is 13.4. The Morgan fingerprint density at radius 1 is 1.04 bits per heavy atom. The van der Waals surface area contributed by atoms with Crippen LogP contribution in [0.3, 0.4) is 0 Å². The van der Waals surface area contributed by atoms with Gasteiger partial charge in [-0.05, 0) is 0 Å². The zero-order chi connectivity index (χ0) is 17.5. The van der Waals surface area contributed by atoms with Gasteiger partial charge in [-0.2, -0.15) is 8.78 Å². The second-order valence-corrected chi connectivity index (χ2v) is 5.00. The van der Waals surface area contributed by atoms with Gasteiger partial charge in [0.15, 0.2) is 6.10 Å². The standard InChI is InChI=1S/C13H9F5O5/c1-13(2)22-4(12(20)23-13)3-5(19)21-11-9(17)7(15)6(14)8(16)10(11)18/h4H,3H2,1-2H3/t4-/m0/s1. The first-order valence-corrected chi connectivity index (χ1v) is 6.16. The zero-order valence-electron chi connectivity index (χ0n) is 11.7. The predicted molar refractivity (Wildman–Crippen MR) is 61.5 cm³/mol. The Hall–Kier alpha value is -2.23. The van der Waals surface area contributed by atoms with Gasteiger partial charge in [0.2, 0.25) is 40.6 Å². The minimum absolute atomic E-state index is 0.832. The summed E-state index contributed by atoms with van der Waals surface area (Å²) in [7, 11) is 0. The average Bonchev–Trinajstić information content (AvgIpc) is 2.71. The lowest BCUT2D eigenvalue weighted by atomic mass is 10.2. The van der Waals surface area contributed by atoms with Crippen molar-refractivity contribution >= 4 is 11.9 Å². The molecule has 126 valence electrons. The van der Waals surface area contributed by atoms with Crippen LogP contribution in [0.25, 0.3) is 0 Å². The maximum Gasteiger partial charge on any atom is 0.338 e. The fourth-order valence-corrected chi connectivity index (χ4v) is 1.83. The van der Waals surface area contributed by atoms with Gasteiger partial charge in [-0.1, -0.05) is 0 Å². The van der Waals surface area contributed by atoms with Crippen LogP contribution < -0.4 is 4.74 Å². The molecule has 1 aromatic carbocycles. The van der Waals surface area contributed by atoms with E-state index in [2.05, 4.69) is 4.74 Å². The third-order valence-electron chi connectivity index (χ3n) is 2.77. The number of halogens is 5. The number of rotatable bonds is 3. The molecule has 2 rings (SSSR count). The monoisotopic (exact) mass is 340 g/mol. The quantitative estimate of drug-likeness (QED) is 0.278. The molecule has 0 amide bonds. The molecule has 0 aromatic heterocycles. The number of ether oxygens (including phenoxy) is 3. The summed E-state index contributed by atoms with van der Waals surface area (Å²) < 4.78 is 79.4. The van der Waals surface area contributed by atoms with Crippen LogP contribution in [-0.2, 0) is 19.1 Å². The summed E-state index contributed by atoms with van der Waals surface area (Å²) in [5.41, 5.74) is 0. The average molecular weight is 340 g/mol. The Morgan fingerprint density at radius 3 is 1.96 bits per heavy atom. The number of carbonyl (C=O) groups is 2. The molecule has 0 saturated carbocycles. The Labute approximate surface area is 125 Å². The van der Waals surface area contributed by atoms with Gasteiger partial charge in [-0.3, -0.25) is 4.79 Å². The van der Waals surface area contributed by atoms with Gasteiger partial charge in [0.05, 0.1) is 6.42 Å². The van der Waals surface area contributed by atoms with Crippen molar-refractivity contribution in [3.8, 4) is 5.75 Å². The van der Waals surface area contributed by atoms with E-state index >= 15 is 0 Å². The SMILES string of the molecule is CC1(C)OC(=O)[C@H](CC(=O)Oc2c(F)c(F)c(F)c(F)c2F)O1. The van der Waals surface area contributed by atoms with E-state index in [1.807, 2.05) is 0 Å². The molecule has 1 heterocycles. The van der Waals surface area contributed by atoms with Crippen molar-refractivity contribution in [1.29, 1.82) is 0 Å². The lowest BCUT2D eigenvalue weighted by molar-refractivity contribution is -0.161. The van der Waals surface area contributed by atoms with E-state index in [4.69, 9.17) is 9.47 Å². The molecule has 5 nitrogen and oxygen atoms in total. The lowest BCUT2D eigenvalue weighted by Gasteiger charge is -2.15. The third-order valence-corrected chi connectivity index (χ3v) is 2.77. The van der Waals surface area contributed by atoms with Crippen molar-refractivity contribution in [2.45, 2.75) is 32.2 Å². The molecule has 0 spiro atoms. The number of benzene rings is 1. The van der Waals surface area contributed by atoms with Crippen molar-refractivity contribution in [3.63, 3.8) is 0 Å². The fourth-order valence-electron chi connectivity index (χ4n) is 1.83. The van der Waals surface area contributed by atoms with Crippen LogP contribution in [0.4, 0.5) is 22.0 Å². The number of hydrogen-bond acceptors (Lipinski definition) is 5. The smallest absolute Gasteiger partial charge is 0.338 e. The Kier molecular flexibility index (Phi) is 4.29. The molecule has 0 radical (unpaired) electrons. The number of esters is 2. The summed E-state index contributed by atoms with van der Waals surface area (Å²) in [6, 6.07) is 0. The number of carbonyl (C=O) groups excluding carboxylic acids is 2. The minimum Gasteiger partial charge on any atom is -0.432 e. The summed E-state index contributed by atoms with van der Waals surface area (Å²) in [6.07, 6.45) is -2.25. The highest BCUT2D eigenvalue weighted by Gasteiger charge is 2.42. The van der Waals surface area contributed by atoms with Gasteiger partial charge in [0, 0.05) is 13.8 Å². The summed E-state index contributed by atoms with van der Waals surface area (Å²) in [5.74, 6) is -16.9. The topological polar surface area (TPSA) is 61.8 Å². The van der Waals surface area contributed by atoms with Gasteiger partial charge in [-0.15, -0.1) is 0 Å². The molecular weight excluding hydrogens is 331 g/mol. The van der Waals surface area contributed by atoms with E-state index in [0.717, 1.165) is 0 Å². The van der Waals surface area contributed by atoms with Gasteiger partial charge >= 0.3 is 11.9 Å². The van der Waals surface area contributed by atoms with Crippen molar-refractivity contribution in [2.24, 2.45) is 0 Å². The number of cyclic esters (lactones) is 1. The first-order chi connectivity index (χ1) is 10.5. The first-order valence-electron chi connectivity index (χ1n) is 6.16. The van der Waals surface area contributed by atoms with E-state index in [0.29, 0.717) is 0 Å². The summed E-state index contributed by atoms with van der Waals surface area (Å²) in [4.78, 5) is 22.9. The van der Waals surface area contributed by atoms with Crippen molar-refractivity contribution in [2.75, 3.05) is 0 Å². The van der Waals surface area contributed by atoms with Crippen molar-refractivity contribution in [3.05, 3.63) is 29.1 Å². The Bertz CT molecular complexity index is 659. The van der Waals surface area contributed by atoms with Gasteiger partial charge in [0.25, 0.3) is 0 Å². The molecule has 1 aromatic rings. The molecule has 1 aliphatic heterocycles. The molecule has 0 unspecified atom stereocenters. The lowest BCUT2D eigenvalue weighted by Crippen LogP contribution is -2.25. The minimum atomic E-state index is -2.38. The molecule has 0 aliphatic carbocycles. The molecule has 1 aliphatic rings. The summed E-state index contributed by atoms with van der Waals surface area (Å²) >= 11 is 0. The van der Waals surface area contributed by atoms with Crippen LogP contribution in [-0.4, -0.2) is 23.8 Å². The maximum atomic E-state index is 13.4. The van der Waals surface area contributed by atoms with E-state index < -0.39 is 65.1 Å². The highest BCUT2D eigenvalue weighted by Crippen LogP contribution is 2.30. The molecule has 23 heavy (non-hydrogen) atoms. The molecule has 10 heteroatoms. The van der Waals surface area contributed by atoms with Crippen LogP contribution in [0.1, 0.15) is 20.3 Å². The van der Waals surface area contributed by atoms with Crippen LogP contribution in [0.15, 0.2) is 0 Å². The normalized spacial score (nSPS) is 19.6. The largest absolute Gasteiger partial charge is 0.432 e. The van der Waals surface area contributed by atoms with Crippen molar-refractivity contribution in [1.82, 2.24) is 0 Å². The number of hydrogen-bond donors (Lipinski definition) is 0. The second kappa shape index (κ2) is 5.76. The Morgan fingerprint density at radius 2 is 1.52 bits per heavy atom. The summed E-state index contributed by atoms with van der Waals surface area (Å²) in [5, 5.41) is 0. The van der Waals surface area contributed by atoms with Crippen LogP contribution in [0, 0.1) is 29.1 Å². The zero-order valence-corrected chi connectivity index (χ0v) is 11.7. The van der Waals surface area contributed by atoms with Gasteiger partial charge < -0.3 is 14.2 Å². The third kappa shape index (κ3) is 3.26. The molecular formula is C13H9F5O5.